The Labute approximate surface area is 101 Å². The fourth-order valence-electron chi connectivity index (χ4n) is 0.927. The van der Waals surface area contributed by atoms with Crippen molar-refractivity contribution in [1.29, 1.82) is 0 Å². The van der Waals surface area contributed by atoms with E-state index in [1.165, 1.54) is 0 Å². The maximum atomic E-state index is 5.23. The summed E-state index contributed by atoms with van der Waals surface area (Å²) in [7, 11) is 1.95. The molecule has 0 aromatic heterocycles. The molecule has 0 atom stereocenters. The summed E-state index contributed by atoms with van der Waals surface area (Å²) in [6.07, 6.45) is 3.20. The molecule has 0 aliphatic carbocycles. The van der Waals surface area contributed by atoms with Gasteiger partial charge in [0.05, 0.1) is 0 Å². The molecule has 0 saturated heterocycles. The van der Waals surface area contributed by atoms with E-state index in [0.717, 1.165) is 58.8 Å². The predicted molar refractivity (Wildman–Crippen MR) is 69.8 cm³/mol. The van der Waals surface area contributed by atoms with Crippen LogP contribution in [0, 0.1) is 0 Å². The minimum Gasteiger partial charge on any atom is -0.382 e. The van der Waals surface area contributed by atoms with Gasteiger partial charge in [-0.1, -0.05) is 6.92 Å². The molecule has 0 rings (SSSR count). The van der Waals surface area contributed by atoms with Crippen LogP contribution in [0.2, 0.25) is 0 Å². The maximum Gasteiger partial charge on any atom is 0.0478 e. The minimum atomic E-state index is 0.740. The van der Waals surface area contributed by atoms with Gasteiger partial charge in [0.15, 0.2) is 0 Å². The SMILES string of the molecule is CCCOCCCN.CCOCCCNC. The zero-order valence-electron chi connectivity index (χ0n) is 11.3. The van der Waals surface area contributed by atoms with Crippen molar-refractivity contribution in [2.75, 3.05) is 46.6 Å². The number of nitrogens with two attached hydrogens (primary N) is 1. The van der Waals surface area contributed by atoms with Crippen molar-refractivity contribution in [2.24, 2.45) is 5.73 Å². The molecule has 100 valence electrons. The number of ether oxygens (including phenoxy) is 2. The Morgan fingerprint density at radius 2 is 1.69 bits per heavy atom. The van der Waals surface area contributed by atoms with E-state index in [9.17, 15) is 0 Å². The highest BCUT2D eigenvalue weighted by Gasteiger charge is 1.82. The van der Waals surface area contributed by atoms with E-state index in [0.29, 0.717) is 0 Å². The van der Waals surface area contributed by atoms with Crippen LogP contribution in [0.25, 0.3) is 0 Å². The van der Waals surface area contributed by atoms with Crippen LogP contribution in [0.15, 0.2) is 0 Å². The summed E-state index contributed by atoms with van der Waals surface area (Å²) in [4.78, 5) is 0. The Hall–Kier alpha value is -0.160. The van der Waals surface area contributed by atoms with Crippen LogP contribution in [0.1, 0.15) is 33.1 Å². The van der Waals surface area contributed by atoms with Gasteiger partial charge in [-0.2, -0.15) is 0 Å². The fourth-order valence-corrected chi connectivity index (χ4v) is 0.927. The van der Waals surface area contributed by atoms with Gasteiger partial charge in [-0.15, -0.1) is 0 Å². The third-order valence-electron chi connectivity index (χ3n) is 1.76. The van der Waals surface area contributed by atoms with Gasteiger partial charge in [-0.05, 0) is 46.3 Å². The molecule has 4 nitrogen and oxygen atoms in total. The van der Waals surface area contributed by atoms with Gasteiger partial charge in [0.1, 0.15) is 0 Å². The van der Waals surface area contributed by atoms with Crippen molar-refractivity contribution >= 4 is 0 Å². The molecule has 0 amide bonds. The molecule has 0 aromatic carbocycles. The molecule has 0 aliphatic rings. The average Bonchev–Trinajstić information content (AvgIpc) is 2.31. The zero-order chi connectivity index (χ0) is 12.5. The highest BCUT2D eigenvalue weighted by Crippen LogP contribution is 1.81. The summed E-state index contributed by atoms with van der Waals surface area (Å²) in [5.41, 5.74) is 5.23. The lowest BCUT2D eigenvalue weighted by Crippen LogP contribution is -2.10. The van der Waals surface area contributed by atoms with E-state index in [1.807, 2.05) is 14.0 Å². The van der Waals surface area contributed by atoms with Crippen LogP contribution in [0.3, 0.4) is 0 Å². The van der Waals surface area contributed by atoms with E-state index in [2.05, 4.69) is 12.2 Å². The average molecular weight is 234 g/mol. The minimum absolute atomic E-state index is 0.740. The summed E-state index contributed by atoms with van der Waals surface area (Å²) < 4.78 is 10.2. The van der Waals surface area contributed by atoms with Gasteiger partial charge in [-0.3, -0.25) is 0 Å². The molecule has 16 heavy (non-hydrogen) atoms. The van der Waals surface area contributed by atoms with Crippen LogP contribution >= 0.6 is 0 Å². The summed E-state index contributed by atoms with van der Waals surface area (Å²) in [5, 5.41) is 3.05. The second-order valence-corrected chi connectivity index (χ2v) is 3.41. The van der Waals surface area contributed by atoms with Gasteiger partial charge in [0.2, 0.25) is 0 Å². The molecule has 0 saturated carbocycles. The van der Waals surface area contributed by atoms with Gasteiger partial charge in [0.25, 0.3) is 0 Å². The molecule has 0 fully saturated rings. The van der Waals surface area contributed by atoms with E-state index in [4.69, 9.17) is 15.2 Å². The van der Waals surface area contributed by atoms with Gasteiger partial charge >= 0.3 is 0 Å². The van der Waals surface area contributed by atoms with Crippen molar-refractivity contribution in [3.05, 3.63) is 0 Å². The van der Waals surface area contributed by atoms with Crippen molar-refractivity contribution < 1.29 is 9.47 Å². The lowest BCUT2D eigenvalue weighted by Gasteiger charge is -1.98. The highest BCUT2D eigenvalue weighted by molar-refractivity contribution is 4.37. The fraction of sp³-hybridized carbons (Fsp3) is 1.00. The summed E-state index contributed by atoms with van der Waals surface area (Å²) in [6.45, 7) is 9.33. The van der Waals surface area contributed by atoms with E-state index in [-0.39, 0.29) is 0 Å². The third-order valence-corrected chi connectivity index (χ3v) is 1.76. The maximum absolute atomic E-state index is 5.23. The predicted octanol–water partition coefficient (Wildman–Crippen LogP) is 1.39. The van der Waals surface area contributed by atoms with E-state index in [1.54, 1.807) is 0 Å². The molecule has 0 spiro atoms. The van der Waals surface area contributed by atoms with Crippen LogP contribution in [0.5, 0.6) is 0 Å². The largest absolute Gasteiger partial charge is 0.382 e. The molecule has 0 aromatic rings. The molecular weight excluding hydrogens is 204 g/mol. The van der Waals surface area contributed by atoms with Crippen molar-refractivity contribution in [2.45, 2.75) is 33.1 Å². The van der Waals surface area contributed by atoms with E-state index >= 15 is 0 Å². The third kappa shape index (κ3) is 23.6. The summed E-state index contributed by atoms with van der Waals surface area (Å²) >= 11 is 0. The summed E-state index contributed by atoms with van der Waals surface area (Å²) in [6, 6.07) is 0. The monoisotopic (exact) mass is 234 g/mol. The number of hydrogen-bond acceptors (Lipinski definition) is 4. The van der Waals surface area contributed by atoms with Crippen LogP contribution in [0.4, 0.5) is 0 Å². The Bertz CT molecular complexity index is 79.0. The molecule has 0 unspecified atom stereocenters. The Kier molecular flexibility index (Phi) is 23.1. The van der Waals surface area contributed by atoms with Crippen molar-refractivity contribution in [1.82, 2.24) is 5.32 Å². The Morgan fingerprint density at radius 3 is 2.19 bits per heavy atom. The number of hydrogen-bond donors (Lipinski definition) is 2. The first-order valence-electron chi connectivity index (χ1n) is 6.33. The van der Waals surface area contributed by atoms with Gasteiger partial charge in [-0.25, -0.2) is 0 Å². The molecule has 3 N–H and O–H groups in total. The standard InChI is InChI=1S/2C6H15NO/c1-3-8-6-4-5-7-2;1-2-5-8-6-3-4-7/h7H,3-6H2,1-2H3;2-7H2,1H3. The molecule has 0 heterocycles. The smallest absolute Gasteiger partial charge is 0.0478 e. The summed E-state index contributed by atoms with van der Waals surface area (Å²) in [5.74, 6) is 0. The van der Waals surface area contributed by atoms with Crippen LogP contribution in [-0.4, -0.2) is 46.6 Å². The number of nitrogens with one attached hydrogen (secondary N) is 1. The molecule has 0 radical (unpaired) electrons. The molecule has 0 aliphatic heterocycles. The first kappa shape index (κ1) is 18.2. The molecule has 0 bridgehead atoms. The van der Waals surface area contributed by atoms with Gasteiger partial charge < -0.3 is 20.5 Å². The Balaban J connectivity index is 0. The van der Waals surface area contributed by atoms with Crippen LogP contribution in [-0.2, 0) is 9.47 Å². The lowest BCUT2D eigenvalue weighted by atomic mass is 10.4. The second-order valence-electron chi connectivity index (χ2n) is 3.41. The van der Waals surface area contributed by atoms with Crippen molar-refractivity contribution in [3.8, 4) is 0 Å². The Morgan fingerprint density at radius 1 is 1.00 bits per heavy atom. The van der Waals surface area contributed by atoms with Crippen LogP contribution < -0.4 is 11.1 Å². The van der Waals surface area contributed by atoms with Gasteiger partial charge in [0, 0.05) is 26.4 Å². The van der Waals surface area contributed by atoms with Crippen molar-refractivity contribution in [3.63, 3.8) is 0 Å². The molecular formula is C12H30N2O2. The van der Waals surface area contributed by atoms with E-state index < -0.39 is 0 Å². The molecule has 4 heteroatoms. The zero-order valence-corrected chi connectivity index (χ0v) is 11.3. The topological polar surface area (TPSA) is 56.5 Å². The normalized spacial score (nSPS) is 9.75. The number of rotatable bonds is 10. The second kappa shape index (κ2) is 20.3. The first-order chi connectivity index (χ1) is 7.83. The highest BCUT2D eigenvalue weighted by atomic mass is 16.5. The first-order valence-corrected chi connectivity index (χ1v) is 6.33. The lowest BCUT2D eigenvalue weighted by molar-refractivity contribution is 0.134. The quantitative estimate of drug-likeness (QED) is 0.561.